The van der Waals surface area contributed by atoms with E-state index in [0.29, 0.717) is 31.6 Å². The fourth-order valence-electron chi connectivity index (χ4n) is 3.81. The molecule has 0 N–H and O–H groups in total. The minimum Gasteiger partial charge on any atom is -0.445 e. The molecule has 2 aliphatic rings. The third-order valence-corrected chi connectivity index (χ3v) is 5.37. The van der Waals surface area contributed by atoms with Gasteiger partial charge in [-0.05, 0) is 30.5 Å². The third-order valence-electron chi connectivity index (χ3n) is 5.37. The van der Waals surface area contributed by atoms with Crippen LogP contribution in [-0.2, 0) is 16.1 Å². The molecule has 0 radical (unpaired) electrons. The number of urea groups is 1. The molecule has 0 unspecified atom stereocenters. The van der Waals surface area contributed by atoms with Gasteiger partial charge in [-0.3, -0.25) is 4.79 Å². The maximum absolute atomic E-state index is 12.8. The second-order valence-electron chi connectivity index (χ2n) is 7.23. The lowest BCUT2D eigenvalue weighted by Crippen LogP contribution is -2.48. The van der Waals surface area contributed by atoms with Crippen molar-refractivity contribution in [3.8, 4) is 0 Å². The van der Waals surface area contributed by atoms with E-state index in [1.165, 1.54) is 4.90 Å². The van der Waals surface area contributed by atoms with E-state index in [4.69, 9.17) is 4.74 Å². The zero-order chi connectivity index (χ0) is 20.2. The standard InChI is InChI=1S/C22H23N3O4/c26-20-15-24(21(27)25(20)19-9-5-2-6-10-19)18-11-13-23(14-12-18)22(28)29-16-17-7-3-1-4-8-17/h1-10,18H,11-16H2. The van der Waals surface area contributed by atoms with Crippen LogP contribution in [0, 0.1) is 0 Å². The largest absolute Gasteiger partial charge is 0.445 e. The summed E-state index contributed by atoms with van der Waals surface area (Å²) >= 11 is 0. The Hall–Kier alpha value is -3.35. The molecule has 150 valence electrons. The second kappa shape index (κ2) is 8.34. The van der Waals surface area contributed by atoms with Crippen LogP contribution in [0.5, 0.6) is 0 Å². The number of carbonyl (C=O) groups excluding carboxylic acids is 3. The maximum Gasteiger partial charge on any atom is 0.410 e. The smallest absolute Gasteiger partial charge is 0.410 e. The first kappa shape index (κ1) is 19.0. The average Bonchev–Trinajstić information content (AvgIpc) is 3.07. The summed E-state index contributed by atoms with van der Waals surface area (Å²) < 4.78 is 5.39. The van der Waals surface area contributed by atoms with Crippen LogP contribution in [0.3, 0.4) is 0 Å². The van der Waals surface area contributed by atoms with Crippen LogP contribution in [0.1, 0.15) is 18.4 Å². The Balaban J connectivity index is 1.31. The number of amides is 4. The van der Waals surface area contributed by atoms with E-state index >= 15 is 0 Å². The van der Waals surface area contributed by atoms with Gasteiger partial charge in [0.05, 0.1) is 5.69 Å². The van der Waals surface area contributed by atoms with Crippen LogP contribution in [0.2, 0.25) is 0 Å². The zero-order valence-corrected chi connectivity index (χ0v) is 16.1. The maximum atomic E-state index is 12.8. The molecule has 4 amide bonds. The molecular weight excluding hydrogens is 370 g/mol. The molecule has 2 fully saturated rings. The van der Waals surface area contributed by atoms with Crippen molar-refractivity contribution in [2.75, 3.05) is 24.5 Å². The molecule has 2 aliphatic heterocycles. The molecule has 2 heterocycles. The van der Waals surface area contributed by atoms with Crippen molar-refractivity contribution in [2.45, 2.75) is 25.5 Å². The van der Waals surface area contributed by atoms with Gasteiger partial charge in [0.2, 0.25) is 0 Å². The summed E-state index contributed by atoms with van der Waals surface area (Å²) in [4.78, 5) is 42.1. The fourth-order valence-corrected chi connectivity index (χ4v) is 3.81. The number of ether oxygens (including phenoxy) is 1. The van der Waals surface area contributed by atoms with Crippen molar-refractivity contribution >= 4 is 23.7 Å². The summed E-state index contributed by atoms with van der Waals surface area (Å²) in [7, 11) is 0. The number of hydrogen-bond donors (Lipinski definition) is 0. The molecule has 0 saturated carbocycles. The Morgan fingerprint density at radius 2 is 1.55 bits per heavy atom. The first-order valence-electron chi connectivity index (χ1n) is 9.78. The number of piperidine rings is 1. The normalized spacial score (nSPS) is 17.7. The number of likely N-dealkylation sites (tertiary alicyclic amines) is 1. The van der Waals surface area contributed by atoms with Crippen molar-refractivity contribution in [1.82, 2.24) is 9.80 Å². The highest BCUT2D eigenvalue weighted by atomic mass is 16.6. The van der Waals surface area contributed by atoms with Gasteiger partial charge in [0, 0.05) is 19.1 Å². The van der Waals surface area contributed by atoms with Gasteiger partial charge in [-0.2, -0.15) is 0 Å². The molecule has 0 aromatic heterocycles. The Morgan fingerprint density at radius 1 is 0.931 bits per heavy atom. The van der Waals surface area contributed by atoms with Crippen LogP contribution in [0.15, 0.2) is 60.7 Å². The number of rotatable bonds is 4. The van der Waals surface area contributed by atoms with Crippen LogP contribution in [0.25, 0.3) is 0 Å². The summed E-state index contributed by atoms with van der Waals surface area (Å²) in [5, 5.41) is 0. The Bertz CT molecular complexity index is 879. The SMILES string of the molecule is O=C(OCc1ccccc1)N1CCC(N2CC(=O)N(c3ccccc3)C2=O)CC1. The van der Waals surface area contributed by atoms with Gasteiger partial charge in [0.1, 0.15) is 13.2 Å². The van der Waals surface area contributed by atoms with Crippen LogP contribution in [0.4, 0.5) is 15.3 Å². The van der Waals surface area contributed by atoms with E-state index in [9.17, 15) is 14.4 Å². The van der Waals surface area contributed by atoms with Crippen LogP contribution >= 0.6 is 0 Å². The highest BCUT2D eigenvalue weighted by Crippen LogP contribution is 2.26. The summed E-state index contributed by atoms with van der Waals surface area (Å²) in [6.45, 7) is 1.32. The molecule has 7 heteroatoms. The number of hydrogen-bond acceptors (Lipinski definition) is 4. The highest BCUT2D eigenvalue weighted by molar-refractivity contribution is 6.19. The van der Waals surface area contributed by atoms with Crippen molar-refractivity contribution in [2.24, 2.45) is 0 Å². The number of imide groups is 1. The third kappa shape index (κ3) is 4.08. The van der Waals surface area contributed by atoms with E-state index in [1.807, 2.05) is 36.4 Å². The second-order valence-corrected chi connectivity index (χ2v) is 7.23. The molecule has 2 saturated heterocycles. The van der Waals surface area contributed by atoms with E-state index in [-0.39, 0.29) is 37.2 Å². The summed E-state index contributed by atoms with van der Waals surface area (Å²) in [6.07, 6.45) is 0.909. The van der Waals surface area contributed by atoms with Gasteiger partial charge in [-0.15, -0.1) is 0 Å². The minimum absolute atomic E-state index is 0.0571. The van der Waals surface area contributed by atoms with Gasteiger partial charge in [-0.25, -0.2) is 14.5 Å². The molecule has 0 spiro atoms. The number of benzene rings is 2. The first-order chi connectivity index (χ1) is 14.1. The van der Waals surface area contributed by atoms with Gasteiger partial charge >= 0.3 is 12.1 Å². The predicted octanol–water partition coefficient (Wildman–Crippen LogP) is 3.26. The first-order valence-corrected chi connectivity index (χ1v) is 9.78. The zero-order valence-electron chi connectivity index (χ0n) is 16.1. The van der Waals surface area contributed by atoms with Crippen molar-refractivity contribution in [3.63, 3.8) is 0 Å². The Labute approximate surface area is 169 Å². The summed E-state index contributed by atoms with van der Waals surface area (Å²) in [6, 6.07) is 18.2. The molecule has 2 aromatic carbocycles. The minimum atomic E-state index is -0.345. The Kier molecular flexibility index (Phi) is 5.46. The predicted molar refractivity (Wildman–Crippen MR) is 107 cm³/mol. The number of para-hydroxylation sites is 1. The van der Waals surface area contributed by atoms with Gasteiger partial charge in [0.15, 0.2) is 0 Å². The summed E-state index contributed by atoms with van der Waals surface area (Å²) in [5.74, 6) is -0.217. The molecule has 7 nitrogen and oxygen atoms in total. The molecule has 0 aliphatic carbocycles. The lowest BCUT2D eigenvalue weighted by atomic mass is 10.0. The molecule has 0 atom stereocenters. The van der Waals surface area contributed by atoms with Crippen LogP contribution < -0.4 is 4.90 Å². The fraction of sp³-hybridized carbons (Fsp3) is 0.318. The lowest BCUT2D eigenvalue weighted by Gasteiger charge is -2.35. The average molecular weight is 393 g/mol. The number of nitrogens with zero attached hydrogens (tertiary/aromatic N) is 3. The summed E-state index contributed by atoms with van der Waals surface area (Å²) in [5.41, 5.74) is 1.53. The monoisotopic (exact) mass is 393 g/mol. The van der Waals surface area contributed by atoms with Gasteiger partial charge in [-0.1, -0.05) is 48.5 Å². The Morgan fingerprint density at radius 3 is 2.21 bits per heavy atom. The number of anilines is 1. The van der Waals surface area contributed by atoms with E-state index in [1.54, 1.807) is 34.1 Å². The molecular formula is C22H23N3O4. The number of carbonyl (C=O) groups is 3. The topological polar surface area (TPSA) is 70.2 Å². The molecule has 2 aromatic rings. The van der Waals surface area contributed by atoms with E-state index in [0.717, 1.165) is 5.56 Å². The van der Waals surface area contributed by atoms with Crippen LogP contribution in [-0.4, -0.2) is 53.5 Å². The molecule has 4 rings (SSSR count). The van der Waals surface area contributed by atoms with Crippen molar-refractivity contribution < 1.29 is 19.1 Å². The van der Waals surface area contributed by atoms with Crippen molar-refractivity contribution in [3.05, 3.63) is 66.2 Å². The highest BCUT2D eigenvalue weighted by Gasteiger charge is 2.41. The molecule has 29 heavy (non-hydrogen) atoms. The van der Waals surface area contributed by atoms with Gasteiger partial charge in [0.25, 0.3) is 5.91 Å². The quantitative estimate of drug-likeness (QED) is 0.748. The lowest BCUT2D eigenvalue weighted by molar-refractivity contribution is -0.116. The van der Waals surface area contributed by atoms with E-state index < -0.39 is 0 Å². The van der Waals surface area contributed by atoms with Crippen molar-refractivity contribution in [1.29, 1.82) is 0 Å². The van der Waals surface area contributed by atoms with E-state index in [2.05, 4.69) is 0 Å². The van der Waals surface area contributed by atoms with Gasteiger partial charge < -0.3 is 14.5 Å². The molecule has 0 bridgehead atoms.